The van der Waals surface area contributed by atoms with Gasteiger partial charge in [0.1, 0.15) is 11.5 Å². The first-order chi connectivity index (χ1) is 14.2. The maximum atomic E-state index is 13.0. The highest BCUT2D eigenvalue weighted by atomic mass is 16.5. The summed E-state index contributed by atoms with van der Waals surface area (Å²) in [5.74, 6) is 1.10. The number of phenols is 1. The van der Waals surface area contributed by atoms with Crippen LogP contribution < -0.4 is 9.64 Å². The number of nitrogens with zero attached hydrogens (tertiary/aromatic N) is 1. The van der Waals surface area contributed by atoms with Crippen molar-refractivity contribution in [1.82, 2.24) is 0 Å². The van der Waals surface area contributed by atoms with Crippen LogP contribution >= 0.6 is 0 Å². The van der Waals surface area contributed by atoms with E-state index in [-0.39, 0.29) is 23.6 Å². The van der Waals surface area contributed by atoms with Crippen molar-refractivity contribution in [3.8, 4) is 11.5 Å². The molecule has 29 heavy (non-hydrogen) atoms. The summed E-state index contributed by atoms with van der Waals surface area (Å²) in [7, 11) is 1.65. The molecule has 1 fully saturated rings. The van der Waals surface area contributed by atoms with Crippen molar-refractivity contribution in [2.75, 3.05) is 12.0 Å². The van der Waals surface area contributed by atoms with Crippen molar-refractivity contribution in [2.24, 2.45) is 5.92 Å². The third-order valence-corrected chi connectivity index (χ3v) is 5.62. The number of ether oxygens (including phenoxy) is 1. The minimum absolute atomic E-state index is 0.00581. The Hall–Kier alpha value is -3.27. The normalized spacial score (nSPS) is 18.4. The second-order valence-corrected chi connectivity index (χ2v) is 7.43. The largest absolute Gasteiger partial charge is 0.508 e. The van der Waals surface area contributed by atoms with E-state index in [0.717, 1.165) is 36.3 Å². The van der Waals surface area contributed by atoms with Gasteiger partial charge in [0.25, 0.3) is 0 Å². The first-order valence-corrected chi connectivity index (χ1v) is 9.97. The number of anilines is 1. The van der Waals surface area contributed by atoms with Gasteiger partial charge in [-0.3, -0.25) is 4.79 Å². The third kappa shape index (κ3) is 3.97. The standard InChI is InChI=1S/C25H25NO3/c1-29-22-16-10-19(11-17-22)24-23(9-5-8-18-6-3-2-4-7-18)25(28)26(24)20-12-14-21(27)15-13-20/h2-4,6-7,10-17,23-24,27H,5,8-9H2,1H3/t23-,24-/m0/s1. The van der Waals surface area contributed by atoms with Crippen LogP contribution in [0.5, 0.6) is 11.5 Å². The summed E-state index contributed by atoms with van der Waals surface area (Å²) in [4.78, 5) is 14.9. The number of β-lactam (4-membered cyclic amide) rings is 1. The van der Waals surface area contributed by atoms with E-state index in [2.05, 4.69) is 24.3 Å². The van der Waals surface area contributed by atoms with E-state index >= 15 is 0 Å². The molecule has 3 aromatic carbocycles. The van der Waals surface area contributed by atoms with Crippen LogP contribution in [0.15, 0.2) is 78.9 Å². The summed E-state index contributed by atoms with van der Waals surface area (Å²) in [5.41, 5.74) is 3.21. The number of methoxy groups -OCH3 is 1. The van der Waals surface area contributed by atoms with Gasteiger partial charge in [-0.05, 0) is 66.8 Å². The predicted octanol–water partition coefficient (Wildman–Crippen LogP) is 5.13. The van der Waals surface area contributed by atoms with E-state index in [1.165, 1.54) is 5.56 Å². The van der Waals surface area contributed by atoms with Crippen molar-refractivity contribution in [1.29, 1.82) is 0 Å². The van der Waals surface area contributed by atoms with Gasteiger partial charge >= 0.3 is 0 Å². The Labute approximate surface area is 171 Å². The number of benzene rings is 3. The summed E-state index contributed by atoms with van der Waals surface area (Å²) in [6, 6.07) is 25.2. The maximum Gasteiger partial charge on any atom is 0.233 e. The van der Waals surface area contributed by atoms with Crippen LogP contribution in [0, 0.1) is 5.92 Å². The van der Waals surface area contributed by atoms with E-state index in [9.17, 15) is 9.90 Å². The molecule has 3 aromatic rings. The van der Waals surface area contributed by atoms with Gasteiger partial charge in [-0.15, -0.1) is 0 Å². The minimum atomic E-state index is -0.0408. The second kappa shape index (κ2) is 8.39. The molecule has 0 spiro atoms. The molecule has 0 aliphatic carbocycles. The molecule has 1 N–H and O–H groups in total. The number of phenolic OH excluding ortho intramolecular Hbond substituents is 1. The molecule has 148 valence electrons. The fraction of sp³-hybridized carbons (Fsp3) is 0.240. The van der Waals surface area contributed by atoms with Crippen molar-refractivity contribution >= 4 is 11.6 Å². The monoisotopic (exact) mass is 387 g/mol. The van der Waals surface area contributed by atoms with Gasteiger partial charge in [0, 0.05) is 5.69 Å². The molecule has 1 heterocycles. The summed E-state index contributed by atoms with van der Waals surface area (Å²) >= 11 is 0. The van der Waals surface area contributed by atoms with Gasteiger partial charge in [0.05, 0.1) is 19.1 Å². The smallest absolute Gasteiger partial charge is 0.233 e. The lowest BCUT2D eigenvalue weighted by atomic mass is 9.78. The number of rotatable bonds is 7. The average molecular weight is 387 g/mol. The van der Waals surface area contributed by atoms with E-state index in [1.54, 1.807) is 31.4 Å². The number of carbonyl (C=O) groups is 1. The highest BCUT2D eigenvalue weighted by molar-refractivity contribution is 6.03. The molecular formula is C25H25NO3. The topological polar surface area (TPSA) is 49.8 Å². The lowest BCUT2D eigenvalue weighted by Gasteiger charge is -2.47. The van der Waals surface area contributed by atoms with Gasteiger partial charge in [-0.1, -0.05) is 42.5 Å². The molecule has 0 radical (unpaired) electrons. The Bertz CT molecular complexity index is 952. The molecule has 4 heteroatoms. The molecule has 4 rings (SSSR count). The average Bonchev–Trinajstić information content (AvgIpc) is 2.77. The zero-order valence-electron chi connectivity index (χ0n) is 16.5. The van der Waals surface area contributed by atoms with Gasteiger partial charge in [-0.2, -0.15) is 0 Å². The molecule has 1 amide bonds. The zero-order chi connectivity index (χ0) is 20.2. The summed E-state index contributed by atoms with van der Waals surface area (Å²) in [6.45, 7) is 0. The van der Waals surface area contributed by atoms with Gasteiger partial charge in [-0.25, -0.2) is 0 Å². The SMILES string of the molecule is COc1ccc([C@H]2[C@H](CCCc3ccccc3)C(=O)N2c2ccc(O)cc2)cc1. The lowest BCUT2D eigenvalue weighted by molar-refractivity contribution is -0.130. The Balaban J connectivity index is 1.54. The molecule has 2 atom stereocenters. The van der Waals surface area contributed by atoms with E-state index in [1.807, 2.05) is 35.2 Å². The number of aromatic hydroxyl groups is 1. The Morgan fingerprint density at radius 1 is 0.931 bits per heavy atom. The van der Waals surface area contributed by atoms with Gasteiger partial charge in [0.2, 0.25) is 5.91 Å². The zero-order valence-corrected chi connectivity index (χ0v) is 16.5. The molecule has 4 nitrogen and oxygen atoms in total. The summed E-state index contributed by atoms with van der Waals surface area (Å²) in [6.07, 6.45) is 2.79. The molecule has 0 bridgehead atoms. The van der Waals surface area contributed by atoms with Crippen LogP contribution in [-0.4, -0.2) is 18.1 Å². The van der Waals surface area contributed by atoms with Crippen molar-refractivity contribution < 1.29 is 14.6 Å². The van der Waals surface area contributed by atoms with E-state index < -0.39 is 0 Å². The molecule has 0 unspecified atom stereocenters. The molecular weight excluding hydrogens is 362 g/mol. The molecule has 1 saturated heterocycles. The minimum Gasteiger partial charge on any atom is -0.508 e. The Morgan fingerprint density at radius 2 is 1.62 bits per heavy atom. The highest BCUT2D eigenvalue weighted by Crippen LogP contribution is 2.46. The van der Waals surface area contributed by atoms with Crippen LogP contribution in [-0.2, 0) is 11.2 Å². The molecule has 1 aliphatic rings. The Morgan fingerprint density at radius 3 is 2.28 bits per heavy atom. The maximum absolute atomic E-state index is 13.0. The van der Waals surface area contributed by atoms with Gasteiger partial charge < -0.3 is 14.7 Å². The molecule has 0 saturated carbocycles. The predicted molar refractivity (Wildman–Crippen MR) is 114 cm³/mol. The number of hydrogen-bond acceptors (Lipinski definition) is 3. The fourth-order valence-corrected chi connectivity index (χ4v) is 4.08. The van der Waals surface area contributed by atoms with Crippen LogP contribution in [0.3, 0.4) is 0 Å². The lowest BCUT2D eigenvalue weighted by Crippen LogP contribution is -2.55. The molecule has 1 aliphatic heterocycles. The van der Waals surface area contributed by atoms with Crippen LogP contribution in [0.25, 0.3) is 0 Å². The van der Waals surface area contributed by atoms with E-state index in [0.29, 0.717) is 0 Å². The number of amides is 1. The van der Waals surface area contributed by atoms with Crippen molar-refractivity contribution in [3.63, 3.8) is 0 Å². The fourth-order valence-electron chi connectivity index (χ4n) is 4.08. The second-order valence-electron chi connectivity index (χ2n) is 7.43. The first kappa shape index (κ1) is 19.1. The Kier molecular flexibility index (Phi) is 5.52. The summed E-state index contributed by atoms with van der Waals surface area (Å²) in [5, 5.41) is 9.59. The number of hydrogen-bond donors (Lipinski definition) is 1. The van der Waals surface area contributed by atoms with Crippen LogP contribution in [0.4, 0.5) is 5.69 Å². The quantitative estimate of drug-likeness (QED) is 0.572. The van der Waals surface area contributed by atoms with Crippen LogP contribution in [0.1, 0.15) is 30.0 Å². The molecule has 0 aromatic heterocycles. The number of aryl methyl sites for hydroxylation is 1. The first-order valence-electron chi connectivity index (χ1n) is 9.97. The highest BCUT2D eigenvalue weighted by Gasteiger charge is 2.48. The van der Waals surface area contributed by atoms with E-state index in [4.69, 9.17) is 4.74 Å². The third-order valence-electron chi connectivity index (χ3n) is 5.62. The van der Waals surface area contributed by atoms with Gasteiger partial charge in [0.15, 0.2) is 0 Å². The summed E-state index contributed by atoms with van der Waals surface area (Å²) < 4.78 is 5.28. The van der Waals surface area contributed by atoms with Crippen LogP contribution in [0.2, 0.25) is 0 Å². The number of carbonyl (C=O) groups excluding carboxylic acids is 1. The van der Waals surface area contributed by atoms with Crippen molar-refractivity contribution in [3.05, 3.63) is 90.0 Å². The van der Waals surface area contributed by atoms with Crippen molar-refractivity contribution in [2.45, 2.75) is 25.3 Å².